The minimum atomic E-state index is -0.583. The summed E-state index contributed by atoms with van der Waals surface area (Å²) in [4.78, 5) is 27.0. The molecule has 114 valence electrons. The van der Waals surface area contributed by atoms with E-state index in [2.05, 4.69) is 5.32 Å². The van der Waals surface area contributed by atoms with Crippen LogP contribution in [0.15, 0.2) is 41.8 Å². The number of carbonyl (C=O) groups excluding carboxylic acids is 2. The number of ether oxygens (including phenoxy) is 1. The molecule has 22 heavy (non-hydrogen) atoms. The van der Waals surface area contributed by atoms with Crippen molar-refractivity contribution in [3.8, 4) is 5.75 Å². The van der Waals surface area contributed by atoms with Crippen molar-refractivity contribution in [3.05, 3.63) is 46.7 Å². The maximum atomic E-state index is 12.3. The van der Waals surface area contributed by atoms with Crippen LogP contribution in [0.4, 0.5) is 5.69 Å². The molecule has 0 radical (unpaired) electrons. The van der Waals surface area contributed by atoms with Crippen molar-refractivity contribution in [1.82, 2.24) is 5.32 Å². The van der Waals surface area contributed by atoms with E-state index in [9.17, 15) is 9.59 Å². The molecule has 6 heteroatoms. The maximum Gasteiger partial charge on any atom is 0.268 e. The Balaban J connectivity index is 1.70. The smallest absolute Gasteiger partial charge is 0.268 e. The molecule has 2 amide bonds. The molecule has 0 saturated carbocycles. The van der Waals surface area contributed by atoms with E-state index in [1.807, 2.05) is 29.6 Å². The molecule has 1 aliphatic rings. The zero-order valence-corrected chi connectivity index (χ0v) is 12.9. The Morgan fingerprint density at radius 2 is 2.14 bits per heavy atom. The van der Waals surface area contributed by atoms with Gasteiger partial charge in [-0.2, -0.15) is 0 Å². The van der Waals surface area contributed by atoms with E-state index in [0.29, 0.717) is 18.0 Å². The quantitative estimate of drug-likeness (QED) is 0.940. The molecule has 0 unspecified atom stereocenters. The lowest BCUT2D eigenvalue weighted by Crippen LogP contribution is -2.48. The standard InChI is InChI=1S/C16H16N2O3S/c1-11-16(20)18(13-6-2-3-7-14(13)21-11)10-15(19)17-9-12-5-4-8-22-12/h2-8,11H,9-10H2,1H3,(H,17,19)/t11-/m1/s1. The van der Waals surface area contributed by atoms with Crippen LogP contribution in [0.5, 0.6) is 5.75 Å². The number of carbonyl (C=O) groups is 2. The monoisotopic (exact) mass is 316 g/mol. The van der Waals surface area contributed by atoms with E-state index in [1.54, 1.807) is 30.4 Å². The number of thiophene rings is 1. The van der Waals surface area contributed by atoms with Crippen LogP contribution in [0.2, 0.25) is 0 Å². The molecule has 0 spiro atoms. The van der Waals surface area contributed by atoms with Crippen molar-refractivity contribution in [2.75, 3.05) is 11.4 Å². The summed E-state index contributed by atoms with van der Waals surface area (Å²) in [6.45, 7) is 2.16. The summed E-state index contributed by atoms with van der Waals surface area (Å²) in [7, 11) is 0. The molecule has 1 N–H and O–H groups in total. The van der Waals surface area contributed by atoms with E-state index in [-0.39, 0.29) is 18.4 Å². The Kier molecular flexibility index (Phi) is 4.11. The molecule has 1 aliphatic heterocycles. The highest BCUT2D eigenvalue weighted by Crippen LogP contribution is 2.33. The summed E-state index contributed by atoms with van der Waals surface area (Å²) in [5.74, 6) is 0.233. The van der Waals surface area contributed by atoms with Crippen molar-refractivity contribution in [2.45, 2.75) is 19.6 Å². The van der Waals surface area contributed by atoms with Crippen molar-refractivity contribution in [1.29, 1.82) is 0 Å². The van der Waals surface area contributed by atoms with Gasteiger partial charge in [-0.25, -0.2) is 0 Å². The van der Waals surface area contributed by atoms with Gasteiger partial charge in [0.2, 0.25) is 5.91 Å². The van der Waals surface area contributed by atoms with Crippen molar-refractivity contribution < 1.29 is 14.3 Å². The largest absolute Gasteiger partial charge is 0.479 e. The number of benzene rings is 1. The summed E-state index contributed by atoms with van der Waals surface area (Å²) in [5.41, 5.74) is 0.636. The lowest BCUT2D eigenvalue weighted by atomic mass is 10.2. The van der Waals surface area contributed by atoms with Crippen LogP contribution >= 0.6 is 11.3 Å². The SMILES string of the molecule is C[C@H]1Oc2ccccc2N(CC(=O)NCc2cccs2)C1=O. The minimum absolute atomic E-state index is 0.00504. The van der Waals surface area contributed by atoms with Gasteiger partial charge < -0.3 is 10.1 Å². The second-order valence-corrected chi connectivity index (χ2v) is 6.04. The summed E-state index contributed by atoms with van der Waals surface area (Å²) < 4.78 is 5.55. The van der Waals surface area contributed by atoms with Crippen molar-refractivity contribution in [2.24, 2.45) is 0 Å². The van der Waals surface area contributed by atoms with Gasteiger partial charge in [0.1, 0.15) is 12.3 Å². The molecule has 1 aromatic carbocycles. The van der Waals surface area contributed by atoms with E-state index in [0.717, 1.165) is 4.88 Å². The zero-order chi connectivity index (χ0) is 15.5. The number of amides is 2. The van der Waals surface area contributed by atoms with Gasteiger partial charge in [0.05, 0.1) is 12.2 Å². The Labute approximate surface area is 132 Å². The summed E-state index contributed by atoms with van der Waals surface area (Å²) in [6.07, 6.45) is -0.583. The van der Waals surface area contributed by atoms with Crippen LogP contribution in [0.3, 0.4) is 0 Å². The van der Waals surface area contributed by atoms with Gasteiger partial charge in [-0.05, 0) is 30.5 Å². The second kappa shape index (κ2) is 6.19. The van der Waals surface area contributed by atoms with E-state index in [4.69, 9.17) is 4.74 Å². The highest BCUT2D eigenvalue weighted by Gasteiger charge is 2.32. The molecule has 0 fully saturated rings. The van der Waals surface area contributed by atoms with E-state index in [1.165, 1.54) is 4.90 Å². The summed E-state index contributed by atoms with van der Waals surface area (Å²) in [5, 5.41) is 4.80. The van der Waals surface area contributed by atoms with Gasteiger partial charge >= 0.3 is 0 Å². The first-order valence-electron chi connectivity index (χ1n) is 7.01. The van der Waals surface area contributed by atoms with E-state index < -0.39 is 6.10 Å². The first-order chi connectivity index (χ1) is 10.6. The summed E-state index contributed by atoms with van der Waals surface area (Å²) in [6, 6.07) is 11.1. The minimum Gasteiger partial charge on any atom is -0.479 e. The molecular formula is C16H16N2O3S. The van der Waals surface area contributed by atoms with Gasteiger partial charge in [-0.3, -0.25) is 14.5 Å². The fourth-order valence-corrected chi connectivity index (χ4v) is 2.96. The first kappa shape index (κ1) is 14.6. The number of para-hydroxylation sites is 2. The highest BCUT2D eigenvalue weighted by atomic mass is 32.1. The third-order valence-corrected chi connectivity index (χ3v) is 4.29. The number of hydrogen-bond donors (Lipinski definition) is 1. The number of hydrogen-bond acceptors (Lipinski definition) is 4. The summed E-state index contributed by atoms with van der Waals surface area (Å²) >= 11 is 1.59. The Hall–Kier alpha value is -2.34. The van der Waals surface area contributed by atoms with Gasteiger partial charge in [0.25, 0.3) is 5.91 Å². The normalized spacial score (nSPS) is 16.9. The average molecular weight is 316 g/mol. The van der Waals surface area contributed by atoms with Crippen LogP contribution in [0.1, 0.15) is 11.8 Å². The molecule has 2 aromatic rings. The maximum absolute atomic E-state index is 12.3. The number of anilines is 1. The number of nitrogens with zero attached hydrogens (tertiary/aromatic N) is 1. The van der Waals surface area contributed by atoms with Crippen LogP contribution in [-0.2, 0) is 16.1 Å². The fourth-order valence-electron chi connectivity index (χ4n) is 2.32. The van der Waals surface area contributed by atoms with Crippen molar-refractivity contribution in [3.63, 3.8) is 0 Å². The topological polar surface area (TPSA) is 58.6 Å². The molecule has 3 rings (SSSR count). The fraction of sp³-hybridized carbons (Fsp3) is 0.250. The first-order valence-corrected chi connectivity index (χ1v) is 7.89. The molecule has 5 nitrogen and oxygen atoms in total. The second-order valence-electron chi connectivity index (χ2n) is 5.01. The van der Waals surface area contributed by atoms with Crippen LogP contribution < -0.4 is 15.0 Å². The van der Waals surface area contributed by atoms with Gasteiger partial charge in [0.15, 0.2) is 6.10 Å². The molecule has 1 aromatic heterocycles. The number of rotatable bonds is 4. The number of fused-ring (bicyclic) bond motifs is 1. The zero-order valence-electron chi connectivity index (χ0n) is 12.1. The lowest BCUT2D eigenvalue weighted by Gasteiger charge is -2.32. The lowest BCUT2D eigenvalue weighted by molar-refractivity contribution is -0.128. The Morgan fingerprint density at radius 1 is 1.32 bits per heavy atom. The third-order valence-electron chi connectivity index (χ3n) is 3.42. The third kappa shape index (κ3) is 2.96. The Bertz CT molecular complexity index is 684. The predicted molar refractivity (Wildman–Crippen MR) is 85.1 cm³/mol. The molecule has 0 saturated heterocycles. The highest BCUT2D eigenvalue weighted by molar-refractivity contribution is 7.09. The van der Waals surface area contributed by atoms with Crippen LogP contribution in [0.25, 0.3) is 0 Å². The molecular weight excluding hydrogens is 300 g/mol. The average Bonchev–Trinajstić information content (AvgIpc) is 3.03. The van der Waals surface area contributed by atoms with Gasteiger partial charge in [-0.1, -0.05) is 18.2 Å². The molecule has 0 aliphatic carbocycles. The van der Waals surface area contributed by atoms with Crippen molar-refractivity contribution >= 4 is 28.8 Å². The predicted octanol–water partition coefficient (Wildman–Crippen LogP) is 2.18. The van der Waals surface area contributed by atoms with Gasteiger partial charge in [0, 0.05) is 4.88 Å². The molecule has 0 bridgehead atoms. The van der Waals surface area contributed by atoms with E-state index >= 15 is 0 Å². The Morgan fingerprint density at radius 3 is 2.91 bits per heavy atom. The van der Waals surface area contributed by atoms with Crippen LogP contribution in [0, 0.1) is 0 Å². The molecule has 2 heterocycles. The molecule has 1 atom stereocenters. The number of nitrogens with one attached hydrogen (secondary N) is 1. The van der Waals surface area contributed by atoms with Gasteiger partial charge in [-0.15, -0.1) is 11.3 Å². The van der Waals surface area contributed by atoms with Crippen LogP contribution in [-0.4, -0.2) is 24.5 Å².